The molecule has 1 rings (SSSR count). The summed E-state index contributed by atoms with van der Waals surface area (Å²) < 4.78 is 26.2. The van der Waals surface area contributed by atoms with Crippen LogP contribution in [0.2, 0.25) is 0 Å². The maximum atomic E-state index is 11.9. The van der Waals surface area contributed by atoms with Crippen molar-refractivity contribution in [3.05, 3.63) is 27.0 Å². The van der Waals surface area contributed by atoms with Gasteiger partial charge in [0.1, 0.15) is 0 Å². The molecule has 0 aliphatic carbocycles. The predicted molar refractivity (Wildman–Crippen MR) is 65.7 cm³/mol. The van der Waals surface area contributed by atoms with Crippen LogP contribution in [0.3, 0.4) is 0 Å². The first-order valence-corrected chi connectivity index (χ1v) is 6.80. The third-order valence-electron chi connectivity index (χ3n) is 2.44. The van der Waals surface area contributed by atoms with E-state index >= 15 is 0 Å². The van der Waals surface area contributed by atoms with E-state index < -0.39 is 32.2 Å². The van der Waals surface area contributed by atoms with E-state index in [1.54, 1.807) is 13.8 Å². The second kappa shape index (κ2) is 5.46. The molecule has 0 bridgehead atoms. The van der Waals surface area contributed by atoms with Crippen molar-refractivity contribution in [1.82, 2.24) is 14.7 Å². The van der Waals surface area contributed by atoms with E-state index in [1.165, 1.54) is 0 Å². The van der Waals surface area contributed by atoms with E-state index in [0.29, 0.717) is 0 Å². The molecule has 1 aromatic rings. The lowest BCUT2D eigenvalue weighted by atomic mass is 10.1. The van der Waals surface area contributed by atoms with E-state index in [4.69, 9.17) is 5.73 Å². The number of sulfonamides is 1. The highest BCUT2D eigenvalue weighted by atomic mass is 32.2. The van der Waals surface area contributed by atoms with Crippen LogP contribution in [0.5, 0.6) is 0 Å². The first kappa shape index (κ1) is 14.6. The zero-order valence-corrected chi connectivity index (χ0v) is 10.9. The first-order chi connectivity index (χ1) is 8.27. The number of rotatable bonds is 5. The van der Waals surface area contributed by atoms with E-state index in [-0.39, 0.29) is 12.5 Å². The van der Waals surface area contributed by atoms with Crippen molar-refractivity contribution in [3.8, 4) is 0 Å². The van der Waals surface area contributed by atoms with Crippen LogP contribution >= 0.6 is 0 Å². The predicted octanol–water partition coefficient (Wildman–Crippen LogP) is -1.68. The van der Waals surface area contributed by atoms with Crippen molar-refractivity contribution in [2.24, 2.45) is 11.7 Å². The summed E-state index contributed by atoms with van der Waals surface area (Å²) >= 11 is 0. The lowest BCUT2D eigenvalue weighted by Gasteiger charge is -2.19. The molecule has 0 aliphatic rings. The minimum atomic E-state index is -4.01. The molecule has 1 aromatic heterocycles. The summed E-state index contributed by atoms with van der Waals surface area (Å²) in [6, 6.07) is -0.485. The Kier molecular flexibility index (Phi) is 4.43. The average Bonchev–Trinajstić information content (AvgIpc) is 2.24. The van der Waals surface area contributed by atoms with Gasteiger partial charge in [0.25, 0.3) is 5.56 Å². The number of nitrogens with one attached hydrogen (secondary N) is 3. The van der Waals surface area contributed by atoms with Gasteiger partial charge in [-0.05, 0) is 5.92 Å². The number of hydrogen-bond donors (Lipinski definition) is 4. The van der Waals surface area contributed by atoms with Crippen LogP contribution in [-0.4, -0.2) is 31.0 Å². The Bertz CT molecular complexity index is 616. The van der Waals surface area contributed by atoms with Gasteiger partial charge in [0.15, 0.2) is 4.90 Å². The summed E-state index contributed by atoms with van der Waals surface area (Å²) in [6.45, 7) is 3.71. The monoisotopic (exact) mass is 276 g/mol. The van der Waals surface area contributed by atoms with Crippen LogP contribution < -0.4 is 21.7 Å². The summed E-state index contributed by atoms with van der Waals surface area (Å²) in [7, 11) is -4.01. The van der Waals surface area contributed by atoms with Gasteiger partial charge in [0, 0.05) is 18.8 Å². The fraction of sp³-hybridized carbons (Fsp3) is 0.556. The Morgan fingerprint density at radius 2 is 2.00 bits per heavy atom. The second-order valence-electron chi connectivity index (χ2n) is 4.14. The Hall–Kier alpha value is -1.45. The summed E-state index contributed by atoms with van der Waals surface area (Å²) in [5.41, 5.74) is 3.72. The van der Waals surface area contributed by atoms with Gasteiger partial charge in [-0.15, -0.1) is 0 Å². The number of aromatic amines is 2. The molecular formula is C9H16N4O4S. The van der Waals surface area contributed by atoms with Crippen molar-refractivity contribution < 1.29 is 8.42 Å². The molecule has 9 heteroatoms. The van der Waals surface area contributed by atoms with Gasteiger partial charge in [0.2, 0.25) is 10.0 Å². The fourth-order valence-electron chi connectivity index (χ4n) is 1.32. The van der Waals surface area contributed by atoms with Gasteiger partial charge in [-0.25, -0.2) is 17.9 Å². The quantitative estimate of drug-likeness (QED) is 0.509. The molecule has 8 nitrogen and oxygen atoms in total. The van der Waals surface area contributed by atoms with Crippen LogP contribution in [0.4, 0.5) is 0 Å². The van der Waals surface area contributed by atoms with Gasteiger partial charge < -0.3 is 10.7 Å². The minimum Gasteiger partial charge on any atom is -0.329 e. The second-order valence-corrected chi connectivity index (χ2v) is 5.83. The Morgan fingerprint density at radius 1 is 1.39 bits per heavy atom. The normalized spacial score (nSPS) is 13.8. The summed E-state index contributed by atoms with van der Waals surface area (Å²) in [5.74, 6) is -0.0217. The number of H-pyrrole nitrogens is 2. The fourth-order valence-corrected chi connectivity index (χ4v) is 2.72. The lowest BCUT2D eigenvalue weighted by molar-refractivity contribution is 0.454. The maximum Gasteiger partial charge on any atom is 0.325 e. The molecule has 5 N–H and O–H groups in total. The van der Waals surface area contributed by atoms with E-state index in [1.807, 2.05) is 4.98 Å². The Labute approximate surface area is 104 Å². The van der Waals surface area contributed by atoms with Gasteiger partial charge in [-0.1, -0.05) is 13.8 Å². The average molecular weight is 276 g/mol. The first-order valence-electron chi connectivity index (χ1n) is 5.32. The molecule has 0 aliphatic heterocycles. The standard InChI is InChI=1S/C9H16N4O4S/c1-5(2)6(3-10)13-18(16,17)7-4-11-9(15)12-8(7)14/h4-6,13H,3,10H2,1-2H3,(H2,11,12,14,15). The summed E-state index contributed by atoms with van der Waals surface area (Å²) in [4.78, 5) is 25.6. The SMILES string of the molecule is CC(C)C(CN)NS(=O)(=O)c1c[nH]c(=O)[nH]c1=O. The van der Waals surface area contributed by atoms with Crippen LogP contribution in [0.25, 0.3) is 0 Å². The van der Waals surface area contributed by atoms with Gasteiger partial charge in [-0.3, -0.25) is 9.78 Å². The molecule has 1 heterocycles. The lowest BCUT2D eigenvalue weighted by Crippen LogP contribution is -2.45. The summed E-state index contributed by atoms with van der Waals surface area (Å²) in [6.07, 6.45) is 0.859. The zero-order valence-electron chi connectivity index (χ0n) is 10.1. The highest BCUT2D eigenvalue weighted by Crippen LogP contribution is 2.05. The summed E-state index contributed by atoms with van der Waals surface area (Å²) in [5, 5.41) is 0. The van der Waals surface area contributed by atoms with E-state index in [9.17, 15) is 18.0 Å². The van der Waals surface area contributed by atoms with Crippen LogP contribution in [0, 0.1) is 5.92 Å². The highest BCUT2D eigenvalue weighted by Gasteiger charge is 2.24. The van der Waals surface area contributed by atoms with Crippen molar-refractivity contribution in [2.75, 3.05) is 6.54 Å². The molecule has 0 saturated heterocycles. The molecule has 0 aromatic carbocycles. The van der Waals surface area contributed by atoms with E-state index in [2.05, 4.69) is 9.71 Å². The van der Waals surface area contributed by atoms with Crippen LogP contribution in [0.1, 0.15) is 13.8 Å². The molecule has 1 atom stereocenters. The number of hydrogen-bond acceptors (Lipinski definition) is 5. The van der Waals surface area contributed by atoms with Crippen LogP contribution in [0.15, 0.2) is 20.7 Å². The molecule has 18 heavy (non-hydrogen) atoms. The topological polar surface area (TPSA) is 138 Å². The molecule has 102 valence electrons. The van der Waals surface area contributed by atoms with Gasteiger partial charge >= 0.3 is 5.69 Å². The number of aromatic nitrogens is 2. The van der Waals surface area contributed by atoms with Gasteiger partial charge in [0.05, 0.1) is 0 Å². The van der Waals surface area contributed by atoms with Crippen molar-refractivity contribution in [3.63, 3.8) is 0 Å². The van der Waals surface area contributed by atoms with Crippen molar-refractivity contribution in [1.29, 1.82) is 0 Å². The zero-order chi connectivity index (χ0) is 13.9. The van der Waals surface area contributed by atoms with Gasteiger partial charge in [-0.2, -0.15) is 0 Å². The number of nitrogens with two attached hydrogens (primary N) is 1. The molecule has 1 unspecified atom stereocenters. The molecular weight excluding hydrogens is 260 g/mol. The molecule has 0 fully saturated rings. The van der Waals surface area contributed by atoms with Crippen molar-refractivity contribution in [2.45, 2.75) is 24.8 Å². The highest BCUT2D eigenvalue weighted by molar-refractivity contribution is 7.89. The van der Waals surface area contributed by atoms with E-state index in [0.717, 1.165) is 6.20 Å². The third-order valence-corrected chi connectivity index (χ3v) is 3.94. The third kappa shape index (κ3) is 3.28. The smallest absolute Gasteiger partial charge is 0.325 e. The Morgan fingerprint density at radius 3 is 2.44 bits per heavy atom. The minimum absolute atomic E-state index is 0.0217. The van der Waals surface area contributed by atoms with Crippen molar-refractivity contribution >= 4 is 10.0 Å². The maximum absolute atomic E-state index is 11.9. The molecule has 0 saturated carbocycles. The Balaban J connectivity index is 3.14. The molecule has 0 amide bonds. The van der Waals surface area contributed by atoms with Crippen LogP contribution in [-0.2, 0) is 10.0 Å². The largest absolute Gasteiger partial charge is 0.329 e. The molecule has 0 radical (unpaired) electrons. The molecule has 0 spiro atoms.